The SMILES string of the molecule is CCCN(Cc1ccc(Cl)cc1)CC1CCCCN1. The molecule has 3 heteroatoms. The molecule has 1 aromatic rings. The third-order valence-electron chi connectivity index (χ3n) is 3.75. The number of benzene rings is 1. The topological polar surface area (TPSA) is 15.3 Å². The summed E-state index contributed by atoms with van der Waals surface area (Å²) in [5.41, 5.74) is 1.36. The second kappa shape index (κ2) is 7.88. The Hall–Kier alpha value is -0.570. The van der Waals surface area contributed by atoms with E-state index in [1.54, 1.807) is 0 Å². The van der Waals surface area contributed by atoms with E-state index in [2.05, 4.69) is 29.3 Å². The molecule has 1 aromatic carbocycles. The standard InChI is InChI=1S/C16H25ClN2/c1-2-11-19(13-16-5-3-4-10-18-16)12-14-6-8-15(17)9-7-14/h6-9,16,18H,2-5,10-13H2,1H3. The molecular weight excluding hydrogens is 256 g/mol. The lowest BCUT2D eigenvalue weighted by molar-refractivity contribution is 0.217. The molecule has 0 bridgehead atoms. The summed E-state index contributed by atoms with van der Waals surface area (Å²) in [7, 11) is 0. The summed E-state index contributed by atoms with van der Waals surface area (Å²) in [5, 5.41) is 4.46. The van der Waals surface area contributed by atoms with Crippen molar-refractivity contribution in [3.05, 3.63) is 34.9 Å². The van der Waals surface area contributed by atoms with Gasteiger partial charge in [-0.15, -0.1) is 0 Å². The van der Waals surface area contributed by atoms with Gasteiger partial charge in [0, 0.05) is 24.2 Å². The molecule has 1 aliphatic heterocycles. The van der Waals surface area contributed by atoms with Crippen molar-refractivity contribution in [3.63, 3.8) is 0 Å². The van der Waals surface area contributed by atoms with Crippen LogP contribution in [0, 0.1) is 0 Å². The normalized spacial score (nSPS) is 19.8. The van der Waals surface area contributed by atoms with Crippen LogP contribution < -0.4 is 5.32 Å². The Morgan fingerprint density at radius 1 is 1.26 bits per heavy atom. The molecule has 0 aliphatic carbocycles. The number of hydrogen-bond acceptors (Lipinski definition) is 2. The number of hydrogen-bond donors (Lipinski definition) is 1. The molecule has 0 saturated carbocycles. The number of halogens is 1. The maximum Gasteiger partial charge on any atom is 0.0406 e. The fourth-order valence-corrected chi connectivity index (χ4v) is 2.92. The molecule has 1 atom stereocenters. The van der Waals surface area contributed by atoms with Gasteiger partial charge in [-0.25, -0.2) is 0 Å². The van der Waals surface area contributed by atoms with Gasteiger partial charge in [-0.2, -0.15) is 0 Å². The van der Waals surface area contributed by atoms with Crippen LogP contribution in [0.3, 0.4) is 0 Å². The first-order valence-electron chi connectivity index (χ1n) is 7.48. The molecule has 1 unspecified atom stereocenters. The summed E-state index contributed by atoms with van der Waals surface area (Å²) in [4.78, 5) is 2.56. The number of nitrogens with zero attached hydrogens (tertiary/aromatic N) is 1. The summed E-state index contributed by atoms with van der Waals surface area (Å²) >= 11 is 5.94. The molecule has 19 heavy (non-hydrogen) atoms. The van der Waals surface area contributed by atoms with E-state index in [-0.39, 0.29) is 0 Å². The third-order valence-corrected chi connectivity index (χ3v) is 4.00. The van der Waals surface area contributed by atoms with Crippen LogP contribution in [0.15, 0.2) is 24.3 Å². The van der Waals surface area contributed by atoms with E-state index in [4.69, 9.17) is 11.6 Å². The molecule has 0 radical (unpaired) electrons. The van der Waals surface area contributed by atoms with Crippen LogP contribution in [-0.2, 0) is 6.54 Å². The van der Waals surface area contributed by atoms with Crippen LogP contribution >= 0.6 is 11.6 Å². The zero-order chi connectivity index (χ0) is 13.5. The van der Waals surface area contributed by atoms with E-state index >= 15 is 0 Å². The van der Waals surface area contributed by atoms with Gasteiger partial charge in [-0.3, -0.25) is 4.90 Å². The lowest BCUT2D eigenvalue weighted by Gasteiger charge is -2.30. The lowest BCUT2D eigenvalue weighted by atomic mass is 10.0. The highest BCUT2D eigenvalue weighted by molar-refractivity contribution is 6.30. The van der Waals surface area contributed by atoms with Gasteiger partial charge >= 0.3 is 0 Å². The first-order chi connectivity index (χ1) is 9.28. The van der Waals surface area contributed by atoms with Gasteiger partial charge in [0.05, 0.1) is 0 Å². The fourth-order valence-electron chi connectivity index (χ4n) is 2.79. The van der Waals surface area contributed by atoms with Gasteiger partial charge in [-0.1, -0.05) is 37.1 Å². The van der Waals surface area contributed by atoms with E-state index in [1.165, 1.54) is 44.3 Å². The smallest absolute Gasteiger partial charge is 0.0406 e. The van der Waals surface area contributed by atoms with Crippen molar-refractivity contribution < 1.29 is 0 Å². The summed E-state index contributed by atoms with van der Waals surface area (Å²) in [6.45, 7) is 6.80. The molecule has 1 heterocycles. The highest BCUT2D eigenvalue weighted by Gasteiger charge is 2.16. The lowest BCUT2D eigenvalue weighted by Crippen LogP contribution is -2.43. The molecule has 2 nitrogen and oxygen atoms in total. The molecule has 1 saturated heterocycles. The first kappa shape index (κ1) is 14.8. The Morgan fingerprint density at radius 3 is 2.68 bits per heavy atom. The van der Waals surface area contributed by atoms with Crippen molar-refractivity contribution in [1.29, 1.82) is 0 Å². The summed E-state index contributed by atoms with van der Waals surface area (Å²) in [6.07, 6.45) is 5.24. The Balaban J connectivity index is 1.89. The predicted molar refractivity (Wildman–Crippen MR) is 82.7 cm³/mol. The minimum atomic E-state index is 0.674. The molecule has 1 fully saturated rings. The average Bonchev–Trinajstić information content (AvgIpc) is 2.43. The van der Waals surface area contributed by atoms with Gasteiger partial charge in [0.1, 0.15) is 0 Å². The van der Waals surface area contributed by atoms with Gasteiger partial charge in [0.25, 0.3) is 0 Å². The van der Waals surface area contributed by atoms with Crippen LogP contribution in [0.1, 0.15) is 38.2 Å². The maximum atomic E-state index is 5.94. The van der Waals surface area contributed by atoms with Crippen molar-refractivity contribution in [1.82, 2.24) is 10.2 Å². The van der Waals surface area contributed by atoms with Crippen molar-refractivity contribution in [2.75, 3.05) is 19.6 Å². The van der Waals surface area contributed by atoms with Gasteiger partial charge in [-0.05, 0) is 50.0 Å². The molecule has 106 valence electrons. The maximum absolute atomic E-state index is 5.94. The highest BCUT2D eigenvalue weighted by Crippen LogP contribution is 2.14. The van der Waals surface area contributed by atoms with Crippen molar-refractivity contribution in [2.24, 2.45) is 0 Å². The Morgan fingerprint density at radius 2 is 2.05 bits per heavy atom. The van der Waals surface area contributed by atoms with Crippen LogP contribution in [-0.4, -0.2) is 30.6 Å². The highest BCUT2D eigenvalue weighted by atomic mass is 35.5. The van der Waals surface area contributed by atoms with E-state index in [0.29, 0.717) is 6.04 Å². The minimum absolute atomic E-state index is 0.674. The Bertz CT molecular complexity index is 358. The van der Waals surface area contributed by atoms with Crippen LogP contribution in [0.2, 0.25) is 5.02 Å². The molecule has 2 rings (SSSR count). The van der Waals surface area contributed by atoms with E-state index in [9.17, 15) is 0 Å². The van der Waals surface area contributed by atoms with Crippen LogP contribution in [0.5, 0.6) is 0 Å². The monoisotopic (exact) mass is 280 g/mol. The summed E-state index contributed by atoms with van der Waals surface area (Å²) in [5.74, 6) is 0. The third kappa shape index (κ3) is 5.13. The molecule has 1 N–H and O–H groups in total. The number of piperidine rings is 1. The minimum Gasteiger partial charge on any atom is -0.313 e. The Kier molecular flexibility index (Phi) is 6.15. The number of rotatable bonds is 6. The molecule has 1 aliphatic rings. The fraction of sp³-hybridized carbons (Fsp3) is 0.625. The largest absolute Gasteiger partial charge is 0.313 e. The quantitative estimate of drug-likeness (QED) is 0.855. The van der Waals surface area contributed by atoms with Crippen molar-refractivity contribution >= 4 is 11.6 Å². The summed E-state index contributed by atoms with van der Waals surface area (Å²) in [6, 6.07) is 8.92. The first-order valence-corrected chi connectivity index (χ1v) is 7.86. The van der Waals surface area contributed by atoms with Gasteiger partial charge < -0.3 is 5.32 Å². The van der Waals surface area contributed by atoms with Crippen LogP contribution in [0.25, 0.3) is 0 Å². The average molecular weight is 281 g/mol. The van der Waals surface area contributed by atoms with Crippen molar-refractivity contribution in [3.8, 4) is 0 Å². The summed E-state index contributed by atoms with van der Waals surface area (Å²) < 4.78 is 0. The van der Waals surface area contributed by atoms with Gasteiger partial charge in [0.15, 0.2) is 0 Å². The zero-order valence-corrected chi connectivity index (χ0v) is 12.6. The number of nitrogens with one attached hydrogen (secondary N) is 1. The zero-order valence-electron chi connectivity index (χ0n) is 11.9. The Labute approximate surface area is 122 Å². The van der Waals surface area contributed by atoms with E-state index in [0.717, 1.165) is 18.1 Å². The molecule has 0 amide bonds. The molecule has 0 aromatic heterocycles. The molecule has 0 spiro atoms. The van der Waals surface area contributed by atoms with Crippen LogP contribution in [0.4, 0.5) is 0 Å². The van der Waals surface area contributed by atoms with Gasteiger partial charge in [0.2, 0.25) is 0 Å². The second-order valence-corrected chi connectivity index (χ2v) is 5.94. The van der Waals surface area contributed by atoms with E-state index in [1.807, 2.05) is 12.1 Å². The second-order valence-electron chi connectivity index (χ2n) is 5.51. The van der Waals surface area contributed by atoms with E-state index < -0.39 is 0 Å². The van der Waals surface area contributed by atoms with Crippen molar-refractivity contribution in [2.45, 2.75) is 45.2 Å². The molecular formula is C16H25ClN2. The predicted octanol–water partition coefficient (Wildman–Crippen LogP) is 3.69.